The van der Waals surface area contributed by atoms with Gasteiger partial charge in [-0.15, -0.1) is 0 Å². The van der Waals surface area contributed by atoms with Crippen LogP contribution in [0, 0.1) is 5.82 Å². The minimum absolute atomic E-state index is 0.0882. The third-order valence-corrected chi connectivity index (χ3v) is 2.89. The highest BCUT2D eigenvalue weighted by Crippen LogP contribution is 2.25. The summed E-state index contributed by atoms with van der Waals surface area (Å²) in [5.41, 5.74) is 1.94. The van der Waals surface area contributed by atoms with Gasteiger partial charge in [-0.2, -0.15) is 0 Å². The van der Waals surface area contributed by atoms with Gasteiger partial charge in [0.1, 0.15) is 5.82 Å². The van der Waals surface area contributed by atoms with Crippen LogP contribution in [-0.4, -0.2) is 4.98 Å². The second-order valence-electron chi connectivity index (χ2n) is 4.91. The third-order valence-electron chi connectivity index (χ3n) is 2.89. The Morgan fingerprint density at radius 2 is 1.94 bits per heavy atom. The molecule has 0 atom stereocenters. The van der Waals surface area contributed by atoms with Crippen molar-refractivity contribution in [3.8, 4) is 0 Å². The molecule has 1 heterocycles. The van der Waals surface area contributed by atoms with Crippen molar-refractivity contribution in [2.75, 3.05) is 0 Å². The summed E-state index contributed by atoms with van der Waals surface area (Å²) in [6, 6.07) is 12.7. The van der Waals surface area contributed by atoms with Gasteiger partial charge in [0.15, 0.2) is 0 Å². The predicted molar refractivity (Wildman–Crippen MR) is 67.4 cm³/mol. The zero-order chi connectivity index (χ0) is 12.3. The molecule has 0 aliphatic carbocycles. The fourth-order valence-electron chi connectivity index (χ4n) is 2.01. The van der Waals surface area contributed by atoms with Gasteiger partial charge in [-0.3, -0.25) is 4.98 Å². The molecule has 0 aliphatic rings. The SMILES string of the molecule is CC(C)(Cc1cccc(F)c1)c1ccccn1. The van der Waals surface area contributed by atoms with Crippen LogP contribution in [0.25, 0.3) is 0 Å². The number of halogens is 1. The summed E-state index contributed by atoms with van der Waals surface area (Å²) in [6.45, 7) is 4.25. The van der Waals surface area contributed by atoms with Crippen molar-refractivity contribution in [3.63, 3.8) is 0 Å². The van der Waals surface area contributed by atoms with E-state index in [9.17, 15) is 4.39 Å². The molecule has 0 N–H and O–H groups in total. The quantitative estimate of drug-likeness (QED) is 0.781. The Balaban J connectivity index is 2.23. The molecule has 0 saturated carbocycles. The largest absolute Gasteiger partial charge is 0.261 e. The number of hydrogen-bond acceptors (Lipinski definition) is 1. The second kappa shape index (κ2) is 4.66. The Labute approximate surface area is 101 Å². The molecule has 1 nitrogen and oxygen atoms in total. The van der Waals surface area contributed by atoms with E-state index in [1.807, 2.05) is 24.3 Å². The lowest BCUT2D eigenvalue weighted by Gasteiger charge is -2.24. The van der Waals surface area contributed by atoms with E-state index in [4.69, 9.17) is 0 Å². The van der Waals surface area contributed by atoms with Crippen molar-refractivity contribution in [1.29, 1.82) is 0 Å². The van der Waals surface area contributed by atoms with Crippen LogP contribution in [-0.2, 0) is 11.8 Å². The zero-order valence-corrected chi connectivity index (χ0v) is 10.2. The lowest BCUT2D eigenvalue weighted by molar-refractivity contribution is 0.503. The van der Waals surface area contributed by atoms with Crippen molar-refractivity contribution in [1.82, 2.24) is 4.98 Å². The average Bonchev–Trinajstić information content (AvgIpc) is 2.29. The third kappa shape index (κ3) is 2.90. The molecule has 2 heteroatoms. The first-order valence-corrected chi connectivity index (χ1v) is 5.74. The van der Waals surface area contributed by atoms with Gasteiger partial charge in [-0.1, -0.05) is 32.0 Å². The smallest absolute Gasteiger partial charge is 0.123 e. The maximum atomic E-state index is 13.1. The molecular weight excluding hydrogens is 213 g/mol. The van der Waals surface area contributed by atoms with Gasteiger partial charge < -0.3 is 0 Å². The van der Waals surface area contributed by atoms with Crippen LogP contribution in [0.15, 0.2) is 48.7 Å². The van der Waals surface area contributed by atoms with Crippen LogP contribution < -0.4 is 0 Å². The molecule has 0 aliphatic heterocycles. The second-order valence-corrected chi connectivity index (χ2v) is 4.91. The van der Waals surface area contributed by atoms with Crippen LogP contribution >= 0.6 is 0 Å². The van der Waals surface area contributed by atoms with Gasteiger partial charge in [0.2, 0.25) is 0 Å². The summed E-state index contributed by atoms with van der Waals surface area (Å²) >= 11 is 0. The van der Waals surface area contributed by atoms with Crippen molar-refractivity contribution >= 4 is 0 Å². The molecule has 1 aromatic carbocycles. The number of rotatable bonds is 3. The number of benzene rings is 1. The Morgan fingerprint density at radius 3 is 2.59 bits per heavy atom. The van der Waals surface area contributed by atoms with Crippen LogP contribution in [0.4, 0.5) is 4.39 Å². The summed E-state index contributed by atoms with van der Waals surface area (Å²) in [7, 11) is 0. The molecule has 2 rings (SSSR count). The molecule has 0 amide bonds. The highest BCUT2D eigenvalue weighted by Gasteiger charge is 2.22. The topological polar surface area (TPSA) is 12.9 Å². The van der Waals surface area contributed by atoms with E-state index in [2.05, 4.69) is 18.8 Å². The normalized spacial score (nSPS) is 11.5. The van der Waals surface area contributed by atoms with Gasteiger partial charge in [0, 0.05) is 17.3 Å². The van der Waals surface area contributed by atoms with Crippen molar-refractivity contribution in [2.45, 2.75) is 25.7 Å². The van der Waals surface area contributed by atoms with E-state index in [0.29, 0.717) is 0 Å². The van der Waals surface area contributed by atoms with Crippen molar-refractivity contribution < 1.29 is 4.39 Å². The summed E-state index contributed by atoms with van der Waals surface area (Å²) in [5, 5.41) is 0. The lowest BCUT2D eigenvalue weighted by Crippen LogP contribution is -2.21. The minimum Gasteiger partial charge on any atom is -0.261 e. The zero-order valence-electron chi connectivity index (χ0n) is 10.2. The standard InChI is InChI=1S/C15H16FN/c1-15(2,14-8-3-4-9-17-14)11-12-6-5-7-13(16)10-12/h3-10H,11H2,1-2H3. The maximum absolute atomic E-state index is 13.1. The van der Waals surface area contributed by atoms with E-state index in [-0.39, 0.29) is 11.2 Å². The fraction of sp³-hybridized carbons (Fsp3) is 0.267. The molecule has 0 radical (unpaired) electrons. The molecule has 88 valence electrons. The molecule has 2 aromatic rings. The van der Waals surface area contributed by atoms with Gasteiger partial charge in [-0.25, -0.2) is 4.39 Å². The van der Waals surface area contributed by atoms with Gasteiger partial charge in [-0.05, 0) is 36.2 Å². The Morgan fingerprint density at radius 1 is 1.12 bits per heavy atom. The highest BCUT2D eigenvalue weighted by atomic mass is 19.1. The van der Waals surface area contributed by atoms with Crippen LogP contribution in [0.2, 0.25) is 0 Å². The number of pyridine rings is 1. The molecule has 0 bridgehead atoms. The van der Waals surface area contributed by atoms with Crippen LogP contribution in [0.5, 0.6) is 0 Å². The van der Waals surface area contributed by atoms with Crippen molar-refractivity contribution in [2.24, 2.45) is 0 Å². The van der Waals surface area contributed by atoms with Gasteiger partial charge >= 0.3 is 0 Å². The Kier molecular flexibility index (Phi) is 3.23. The molecule has 0 fully saturated rings. The lowest BCUT2D eigenvalue weighted by atomic mass is 9.82. The van der Waals surface area contributed by atoms with Gasteiger partial charge in [0.25, 0.3) is 0 Å². The first kappa shape index (κ1) is 11.8. The maximum Gasteiger partial charge on any atom is 0.123 e. The van der Waals surface area contributed by atoms with Crippen LogP contribution in [0.3, 0.4) is 0 Å². The number of aromatic nitrogens is 1. The summed E-state index contributed by atoms with van der Waals surface area (Å²) < 4.78 is 13.1. The van der Waals surface area contributed by atoms with Gasteiger partial charge in [0.05, 0.1) is 0 Å². The van der Waals surface area contributed by atoms with Crippen molar-refractivity contribution in [3.05, 3.63) is 65.7 Å². The molecule has 0 spiro atoms. The Bertz CT molecular complexity index is 491. The Hall–Kier alpha value is -1.70. The van der Waals surface area contributed by atoms with E-state index >= 15 is 0 Å². The average molecular weight is 229 g/mol. The highest BCUT2D eigenvalue weighted by molar-refractivity contribution is 5.23. The number of nitrogens with zero attached hydrogens (tertiary/aromatic N) is 1. The first-order valence-electron chi connectivity index (χ1n) is 5.74. The summed E-state index contributed by atoms with van der Waals surface area (Å²) in [6.07, 6.45) is 2.57. The fourth-order valence-corrected chi connectivity index (χ4v) is 2.01. The minimum atomic E-state index is -0.181. The molecule has 0 saturated heterocycles. The number of hydrogen-bond donors (Lipinski definition) is 0. The molecular formula is C15H16FN. The monoisotopic (exact) mass is 229 g/mol. The van der Waals surface area contributed by atoms with E-state index in [1.54, 1.807) is 18.3 Å². The molecule has 1 aromatic heterocycles. The van der Waals surface area contributed by atoms with E-state index in [0.717, 1.165) is 17.7 Å². The van der Waals surface area contributed by atoms with E-state index < -0.39 is 0 Å². The van der Waals surface area contributed by atoms with Crippen LogP contribution in [0.1, 0.15) is 25.1 Å². The van der Waals surface area contributed by atoms with E-state index in [1.165, 1.54) is 6.07 Å². The summed E-state index contributed by atoms with van der Waals surface area (Å²) in [4.78, 5) is 4.38. The molecule has 0 unspecified atom stereocenters. The predicted octanol–water partition coefficient (Wildman–Crippen LogP) is 3.74. The summed E-state index contributed by atoms with van der Waals surface area (Å²) in [5.74, 6) is -0.181. The first-order chi connectivity index (χ1) is 8.08. The molecule has 17 heavy (non-hydrogen) atoms.